The van der Waals surface area contributed by atoms with Crippen molar-refractivity contribution in [3.8, 4) is 0 Å². The fourth-order valence-electron chi connectivity index (χ4n) is 3.76. The van der Waals surface area contributed by atoms with Gasteiger partial charge >= 0.3 is 0 Å². The zero-order chi connectivity index (χ0) is 21.6. The second kappa shape index (κ2) is 7.63. The van der Waals surface area contributed by atoms with Crippen LogP contribution in [0.4, 0.5) is 4.39 Å². The summed E-state index contributed by atoms with van der Waals surface area (Å²) < 4.78 is 42.0. The number of halogens is 1. The second-order valence-electron chi connectivity index (χ2n) is 7.27. The first-order chi connectivity index (χ1) is 14.9. The number of fused-ring (bicyclic) bond motifs is 3. The largest absolute Gasteiger partial charge is 0.294 e. The van der Waals surface area contributed by atoms with Crippen LogP contribution in [0.15, 0.2) is 64.8 Å². The van der Waals surface area contributed by atoms with Gasteiger partial charge in [-0.15, -0.1) is 11.3 Å². The molecule has 0 saturated carbocycles. The van der Waals surface area contributed by atoms with Crippen LogP contribution in [-0.2, 0) is 29.5 Å². The van der Waals surface area contributed by atoms with Crippen LogP contribution in [0.2, 0.25) is 0 Å². The van der Waals surface area contributed by atoms with Crippen LogP contribution in [0.5, 0.6) is 0 Å². The molecule has 31 heavy (non-hydrogen) atoms. The van der Waals surface area contributed by atoms with Gasteiger partial charge in [-0.1, -0.05) is 6.07 Å². The molecule has 158 valence electrons. The molecule has 0 bridgehead atoms. The average Bonchev–Trinajstić information content (AvgIpc) is 3.15. The van der Waals surface area contributed by atoms with Gasteiger partial charge < -0.3 is 0 Å². The van der Waals surface area contributed by atoms with Gasteiger partial charge in [-0.3, -0.25) is 14.3 Å². The Hall–Kier alpha value is -2.95. The van der Waals surface area contributed by atoms with Crippen LogP contribution in [0, 0.1) is 5.82 Å². The van der Waals surface area contributed by atoms with Gasteiger partial charge in [-0.25, -0.2) is 17.8 Å². The molecule has 3 aromatic heterocycles. The summed E-state index contributed by atoms with van der Waals surface area (Å²) in [4.78, 5) is 23.1. The van der Waals surface area contributed by atoms with Gasteiger partial charge in [0.2, 0.25) is 10.0 Å². The number of nitrogens with zero attached hydrogens (tertiary/aromatic N) is 4. The van der Waals surface area contributed by atoms with E-state index in [0.29, 0.717) is 23.2 Å². The molecule has 0 unspecified atom stereocenters. The van der Waals surface area contributed by atoms with E-state index in [4.69, 9.17) is 0 Å². The first kappa shape index (κ1) is 20.0. The summed E-state index contributed by atoms with van der Waals surface area (Å²) in [5.41, 5.74) is 1.62. The Kier molecular flexibility index (Phi) is 4.92. The fourth-order valence-corrected chi connectivity index (χ4v) is 6.44. The number of hydrogen-bond donors (Lipinski definition) is 0. The molecule has 0 amide bonds. The Bertz CT molecular complexity index is 1430. The molecule has 0 radical (unpaired) electrons. The van der Waals surface area contributed by atoms with Crippen molar-refractivity contribution in [1.82, 2.24) is 18.8 Å². The summed E-state index contributed by atoms with van der Waals surface area (Å²) in [6.45, 7) is 0.777. The molecule has 4 aromatic rings. The maximum atomic E-state index is 13.2. The van der Waals surface area contributed by atoms with E-state index in [1.54, 1.807) is 17.0 Å². The van der Waals surface area contributed by atoms with E-state index in [-0.39, 0.29) is 23.5 Å². The first-order valence-electron chi connectivity index (χ1n) is 9.58. The van der Waals surface area contributed by atoms with Gasteiger partial charge in [-0.05, 0) is 47.9 Å². The first-order valence-corrected chi connectivity index (χ1v) is 11.8. The van der Waals surface area contributed by atoms with Crippen LogP contribution in [0.3, 0.4) is 0 Å². The van der Waals surface area contributed by atoms with Crippen molar-refractivity contribution < 1.29 is 12.8 Å². The molecule has 7 nitrogen and oxygen atoms in total. The number of aromatic nitrogens is 3. The van der Waals surface area contributed by atoms with E-state index in [0.717, 1.165) is 28.1 Å². The predicted molar refractivity (Wildman–Crippen MR) is 115 cm³/mol. The van der Waals surface area contributed by atoms with Gasteiger partial charge in [-0.2, -0.15) is 4.31 Å². The summed E-state index contributed by atoms with van der Waals surface area (Å²) in [6, 6.07) is 8.51. The van der Waals surface area contributed by atoms with E-state index in [2.05, 4.69) is 9.97 Å². The van der Waals surface area contributed by atoms with Crippen molar-refractivity contribution in [3.63, 3.8) is 0 Å². The molecule has 0 spiro atoms. The molecule has 5 rings (SSSR count). The standard InChI is InChI=1S/C21H17FN4O3S2/c22-15-3-5-16(6-4-15)31(28,29)26-9-7-17-18(12-26)30-20-19(17)21(27)25(13-24-20)11-14-2-1-8-23-10-14/h1-6,8,10,13H,7,9,11-12H2. The topological polar surface area (TPSA) is 85.2 Å². The molecular formula is C21H17FN4O3S2. The maximum absolute atomic E-state index is 13.2. The zero-order valence-corrected chi connectivity index (χ0v) is 17.9. The SMILES string of the molecule is O=c1c2c3c(sc2ncn1Cc1cccnc1)CN(S(=O)(=O)c1ccc(F)cc1)CC3. The van der Waals surface area contributed by atoms with Crippen LogP contribution < -0.4 is 5.56 Å². The summed E-state index contributed by atoms with van der Waals surface area (Å²) in [7, 11) is -3.76. The molecule has 1 aliphatic heterocycles. The number of rotatable bonds is 4. The van der Waals surface area contributed by atoms with Crippen molar-refractivity contribution >= 4 is 31.6 Å². The molecule has 0 fully saturated rings. The lowest BCUT2D eigenvalue weighted by molar-refractivity contribution is 0.396. The molecule has 0 aliphatic carbocycles. The highest BCUT2D eigenvalue weighted by atomic mass is 32.2. The number of sulfonamides is 1. The molecule has 1 aromatic carbocycles. The molecule has 0 N–H and O–H groups in total. The van der Waals surface area contributed by atoms with E-state index < -0.39 is 15.8 Å². The normalized spacial score (nSPS) is 14.6. The number of pyridine rings is 1. The third-order valence-corrected chi connectivity index (χ3v) is 8.30. The van der Waals surface area contributed by atoms with Gasteiger partial charge in [0.05, 0.1) is 23.2 Å². The Balaban J connectivity index is 1.49. The van der Waals surface area contributed by atoms with Crippen LogP contribution >= 0.6 is 11.3 Å². The monoisotopic (exact) mass is 456 g/mol. The summed E-state index contributed by atoms with van der Waals surface area (Å²) >= 11 is 1.34. The van der Waals surface area contributed by atoms with Crippen molar-refractivity contribution in [1.29, 1.82) is 0 Å². The van der Waals surface area contributed by atoms with E-state index >= 15 is 0 Å². The van der Waals surface area contributed by atoms with Crippen molar-refractivity contribution in [2.45, 2.75) is 24.4 Å². The summed E-state index contributed by atoms with van der Waals surface area (Å²) in [5, 5.41) is 0.560. The summed E-state index contributed by atoms with van der Waals surface area (Å²) in [5.74, 6) is -0.488. The van der Waals surface area contributed by atoms with Gasteiger partial charge in [0, 0.05) is 30.4 Å². The predicted octanol–water partition coefficient (Wildman–Crippen LogP) is 2.79. The van der Waals surface area contributed by atoms with E-state index in [9.17, 15) is 17.6 Å². The highest BCUT2D eigenvalue weighted by Crippen LogP contribution is 2.34. The van der Waals surface area contributed by atoms with E-state index in [1.165, 1.54) is 34.1 Å². The number of hydrogen-bond acceptors (Lipinski definition) is 6. The smallest absolute Gasteiger partial charge is 0.262 e. The van der Waals surface area contributed by atoms with Crippen molar-refractivity contribution in [2.24, 2.45) is 0 Å². The molecular weight excluding hydrogens is 439 g/mol. The van der Waals surface area contributed by atoms with Crippen LogP contribution in [-0.4, -0.2) is 33.8 Å². The highest BCUT2D eigenvalue weighted by molar-refractivity contribution is 7.89. The Labute approximate surface area is 181 Å². The lowest BCUT2D eigenvalue weighted by Crippen LogP contribution is -2.35. The number of benzene rings is 1. The summed E-state index contributed by atoms with van der Waals surface area (Å²) in [6.07, 6.45) is 5.32. The van der Waals surface area contributed by atoms with Crippen molar-refractivity contribution in [2.75, 3.05) is 6.54 Å². The molecule has 0 saturated heterocycles. The van der Waals surface area contributed by atoms with E-state index in [1.807, 2.05) is 12.1 Å². The quantitative estimate of drug-likeness (QED) is 0.472. The maximum Gasteiger partial charge on any atom is 0.262 e. The third kappa shape index (κ3) is 3.56. The fraction of sp³-hybridized carbons (Fsp3) is 0.190. The minimum Gasteiger partial charge on any atom is -0.294 e. The van der Waals surface area contributed by atoms with Gasteiger partial charge in [0.25, 0.3) is 5.56 Å². The lowest BCUT2D eigenvalue weighted by atomic mass is 10.1. The van der Waals surface area contributed by atoms with Gasteiger partial charge in [0.1, 0.15) is 10.6 Å². The lowest BCUT2D eigenvalue weighted by Gasteiger charge is -2.26. The molecule has 0 atom stereocenters. The highest BCUT2D eigenvalue weighted by Gasteiger charge is 2.31. The van der Waals surface area contributed by atoms with Crippen molar-refractivity contribution in [3.05, 3.63) is 87.3 Å². The Morgan fingerprint density at radius 1 is 1.16 bits per heavy atom. The van der Waals surface area contributed by atoms with Crippen LogP contribution in [0.1, 0.15) is 16.0 Å². The Morgan fingerprint density at radius 2 is 1.97 bits per heavy atom. The Morgan fingerprint density at radius 3 is 2.71 bits per heavy atom. The molecule has 10 heteroatoms. The third-order valence-electron chi connectivity index (χ3n) is 5.32. The minimum absolute atomic E-state index is 0.0513. The molecule has 1 aliphatic rings. The van der Waals surface area contributed by atoms with Crippen LogP contribution in [0.25, 0.3) is 10.2 Å². The average molecular weight is 457 g/mol. The van der Waals surface area contributed by atoms with Gasteiger partial charge in [0.15, 0.2) is 0 Å². The minimum atomic E-state index is -3.76. The molecule has 4 heterocycles. The number of thiophene rings is 1. The second-order valence-corrected chi connectivity index (χ2v) is 10.3. The zero-order valence-electron chi connectivity index (χ0n) is 16.2.